The van der Waals surface area contributed by atoms with Crippen molar-refractivity contribution in [3.8, 4) is 0 Å². The van der Waals surface area contributed by atoms with E-state index >= 15 is 0 Å². The minimum Gasteiger partial charge on any atom is -0.340 e. The Kier molecular flexibility index (Phi) is 9.00. The van der Waals surface area contributed by atoms with Crippen LogP contribution in [0.1, 0.15) is 30.0 Å². The second-order valence-corrected chi connectivity index (χ2v) is 5.19. The van der Waals surface area contributed by atoms with Crippen molar-refractivity contribution in [1.29, 1.82) is 0 Å². The molecule has 6 heteroatoms. The standard InChI is InChI=1S/C13H21N3O.2ClH/c1-10-6-5-7-11(15-10)12(17)16(4)9-13(2,3)8-14;;/h5-7H,8-9,14H2,1-4H3;2*1H. The van der Waals surface area contributed by atoms with E-state index in [1.54, 1.807) is 18.0 Å². The third-order valence-corrected chi connectivity index (χ3v) is 2.67. The quantitative estimate of drug-likeness (QED) is 0.928. The molecule has 0 atom stereocenters. The fourth-order valence-electron chi connectivity index (χ4n) is 1.64. The van der Waals surface area contributed by atoms with Crippen LogP contribution < -0.4 is 5.73 Å². The van der Waals surface area contributed by atoms with Crippen LogP contribution in [0.5, 0.6) is 0 Å². The molecule has 0 spiro atoms. The largest absolute Gasteiger partial charge is 0.340 e. The zero-order valence-electron chi connectivity index (χ0n) is 11.8. The first kappa shape index (κ1) is 20.5. The maximum Gasteiger partial charge on any atom is 0.272 e. The van der Waals surface area contributed by atoms with Crippen molar-refractivity contribution in [2.45, 2.75) is 20.8 Å². The molecule has 0 fully saturated rings. The summed E-state index contributed by atoms with van der Waals surface area (Å²) in [6.07, 6.45) is 0. The van der Waals surface area contributed by atoms with Crippen LogP contribution in [0.4, 0.5) is 0 Å². The van der Waals surface area contributed by atoms with Gasteiger partial charge in [-0.15, -0.1) is 24.8 Å². The van der Waals surface area contributed by atoms with E-state index in [1.807, 2.05) is 32.9 Å². The van der Waals surface area contributed by atoms with Gasteiger partial charge in [0.25, 0.3) is 5.91 Å². The summed E-state index contributed by atoms with van der Waals surface area (Å²) in [6.45, 7) is 7.13. The van der Waals surface area contributed by atoms with Gasteiger partial charge in [0.1, 0.15) is 5.69 Å². The lowest BCUT2D eigenvalue weighted by atomic mass is 9.93. The minimum atomic E-state index is -0.0752. The summed E-state index contributed by atoms with van der Waals surface area (Å²) in [4.78, 5) is 18.0. The highest BCUT2D eigenvalue weighted by Gasteiger charge is 2.22. The summed E-state index contributed by atoms with van der Waals surface area (Å²) in [6, 6.07) is 5.46. The molecule has 0 bridgehead atoms. The summed E-state index contributed by atoms with van der Waals surface area (Å²) in [5.41, 5.74) is 6.92. The lowest BCUT2D eigenvalue weighted by Crippen LogP contribution is -2.40. The van der Waals surface area contributed by atoms with E-state index in [1.165, 1.54) is 0 Å². The Hall–Kier alpha value is -0.840. The van der Waals surface area contributed by atoms with E-state index < -0.39 is 0 Å². The number of nitrogens with zero attached hydrogens (tertiary/aromatic N) is 2. The van der Waals surface area contributed by atoms with Gasteiger partial charge in [-0.2, -0.15) is 0 Å². The second-order valence-electron chi connectivity index (χ2n) is 5.19. The molecule has 0 aromatic carbocycles. The Morgan fingerprint density at radius 1 is 1.37 bits per heavy atom. The zero-order valence-corrected chi connectivity index (χ0v) is 13.5. The number of aryl methyl sites for hydroxylation is 1. The molecular formula is C13H23Cl2N3O. The van der Waals surface area contributed by atoms with E-state index in [2.05, 4.69) is 4.98 Å². The average molecular weight is 308 g/mol. The zero-order chi connectivity index (χ0) is 13.1. The predicted molar refractivity (Wildman–Crippen MR) is 83.3 cm³/mol. The molecule has 0 saturated carbocycles. The smallest absolute Gasteiger partial charge is 0.272 e. The number of rotatable bonds is 4. The lowest BCUT2D eigenvalue weighted by Gasteiger charge is -2.28. The number of aromatic nitrogens is 1. The second kappa shape index (κ2) is 8.35. The predicted octanol–water partition coefficient (Wildman–Crippen LogP) is 2.29. The molecule has 0 aliphatic rings. The molecule has 110 valence electrons. The van der Waals surface area contributed by atoms with Gasteiger partial charge in [-0.1, -0.05) is 19.9 Å². The molecule has 1 aromatic rings. The van der Waals surface area contributed by atoms with Crippen molar-refractivity contribution in [3.05, 3.63) is 29.6 Å². The molecule has 1 aromatic heterocycles. The summed E-state index contributed by atoms with van der Waals surface area (Å²) in [5.74, 6) is -0.0600. The molecule has 4 nitrogen and oxygen atoms in total. The van der Waals surface area contributed by atoms with Gasteiger partial charge < -0.3 is 10.6 Å². The Bertz CT molecular complexity index is 411. The van der Waals surface area contributed by atoms with Crippen LogP contribution in [-0.4, -0.2) is 35.9 Å². The molecule has 0 aliphatic carbocycles. The average Bonchev–Trinajstić information content (AvgIpc) is 2.27. The Morgan fingerprint density at radius 3 is 2.42 bits per heavy atom. The molecule has 0 unspecified atom stereocenters. The van der Waals surface area contributed by atoms with Crippen LogP contribution in [0.3, 0.4) is 0 Å². The number of amides is 1. The molecule has 19 heavy (non-hydrogen) atoms. The van der Waals surface area contributed by atoms with Crippen molar-refractivity contribution >= 4 is 30.7 Å². The van der Waals surface area contributed by atoms with Crippen molar-refractivity contribution in [3.63, 3.8) is 0 Å². The number of halogens is 2. The van der Waals surface area contributed by atoms with Crippen LogP contribution in [0.15, 0.2) is 18.2 Å². The summed E-state index contributed by atoms with van der Waals surface area (Å²) in [5, 5.41) is 0. The van der Waals surface area contributed by atoms with Crippen molar-refractivity contribution in [1.82, 2.24) is 9.88 Å². The van der Waals surface area contributed by atoms with Crippen molar-refractivity contribution < 1.29 is 4.79 Å². The SMILES string of the molecule is Cc1cccc(C(=O)N(C)CC(C)(C)CN)n1.Cl.Cl. The number of hydrogen-bond acceptors (Lipinski definition) is 3. The van der Waals surface area contributed by atoms with E-state index in [0.717, 1.165) is 5.69 Å². The van der Waals surface area contributed by atoms with Gasteiger partial charge in [-0.25, -0.2) is 4.98 Å². The Balaban J connectivity index is 0. The van der Waals surface area contributed by atoms with E-state index in [-0.39, 0.29) is 36.1 Å². The first-order valence-electron chi connectivity index (χ1n) is 5.75. The molecule has 1 heterocycles. The Labute approximate surface area is 127 Å². The molecule has 2 N–H and O–H groups in total. The molecule has 1 rings (SSSR count). The molecule has 0 radical (unpaired) electrons. The van der Waals surface area contributed by atoms with Gasteiger partial charge in [0.15, 0.2) is 0 Å². The third-order valence-electron chi connectivity index (χ3n) is 2.67. The molecule has 0 aliphatic heterocycles. The summed E-state index contributed by atoms with van der Waals surface area (Å²) in [7, 11) is 1.78. The van der Waals surface area contributed by atoms with E-state index in [9.17, 15) is 4.79 Å². The Morgan fingerprint density at radius 2 is 1.95 bits per heavy atom. The number of carbonyl (C=O) groups excluding carboxylic acids is 1. The lowest BCUT2D eigenvalue weighted by molar-refractivity contribution is 0.0734. The van der Waals surface area contributed by atoms with Gasteiger partial charge in [0, 0.05) is 19.3 Å². The van der Waals surface area contributed by atoms with Gasteiger partial charge in [-0.05, 0) is 31.0 Å². The highest BCUT2D eigenvalue weighted by Crippen LogP contribution is 2.15. The minimum absolute atomic E-state index is 0. The van der Waals surface area contributed by atoms with Crippen LogP contribution in [0, 0.1) is 12.3 Å². The number of nitrogens with two attached hydrogens (primary N) is 1. The van der Waals surface area contributed by atoms with E-state index in [4.69, 9.17) is 5.73 Å². The van der Waals surface area contributed by atoms with Crippen LogP contribution in [-0.2, 0) is 0 Å². The monoisotopic (exact) mass is 307 g/mol. The van der Waals surface area contributed by atoms with Crippen LogP contribution >= 0.6 is 24.8 Å². The topological polar surface area (TPSA) is 59.2 Å². The summed E-state index contributed by atoms with van der Waals surface area (Å²) < 4.78 is 0. The van der Waals surface area contributed by atoms with Crippen LogP contribution in [0.25, 0.3) is 0 Å². The number of carbonyl (C=O) groups is 1. The molecular weight excluding hydrogens is 285 g/mol. The van der Waals surface area contributed by atoms with Crippen molar-refractivity contribution in [2.24, 2.45) is 11.1 Å². The van der Waals surface area contributed by atoms with Crippen LogP contribution in [0.2, 0.25) is 0 Å². The maximum atomic E-state index is 12.1. The van der Waals surface area contributed by atoms with Gasteiger partial charge >= 0.3 is 0 Å². The first-order valence-corrected chi connectivity index (χ1v) is 5.75. The highest BCUT2D eigenvalue weighted by molar-refractivity contribution is 5.92. The fraction of sp³-hybridized carbons (Fsp3) is 0.538. The number of hydrogen-bond donors (Lipinski definition) is 1. The highest BCUT2D eigenvalue weighted by atomic mass is 35.5. The number of pyridine rings is 1. The summed E-state index contributed by atoms with van der Waals surface area (Å²) >= 11 is 0. The first-order chi connectivity index (χ1) is 7.85. The van der Waals surface area contributed by atoms with E-state index in [0.29, 0.717) is 18.8 Å². The maximum absolute atomic E-state index is 12.1. The fourth-order valence-corrected chi connectivity index (χ4v) is 1.64. The van der Waals surface area contributed by atoms with Crippen molar-refractivity contribution in [2.75, 3.05) is 20.1 Å². The molecule has 1 amide bonds. The van der Waals surface area contributed by atoms with Gasteiger partial charge in [-0.3, -0.25) is 4.79 Å². The molecule has 0 saturated heterocycles. The normalized spacial score (nSPS) is 10.2. The van der Waals surface area contributed by atoms with Gasteiger partial charge in [0.05, 0.1) is 0 Å². The third kappa shape index (κ3) is 6.23. The van der Waals surface area contributed by atoms with Gasteiger partial charge in [0.2, 0.25) is 0 Å².